The molecule has 0 aliphatic heterocycles. The van der Waals surface area contributed by atoms with E-state index in [-0.39, 0.29) is 12.4 Å². The molecule has 0 radical (unpaired) electrons. The molecule has 0 aromatic heterocycles. The Morgan fingerprint density at radius 2 is 1.12 bits per heavy atom. The molecule has 0 aliphatic rings. The van der Waals surface area contributed by atoms with Gasteiger partial charge in [-0.1, -0.05) is 0 Å². The Kier molecular flexibility index (Phi) is 83.5. The fraction of sp³-hybridized carbons (Fsp3) is 0.250. The monoisotopic (exact) mass is 129 g/mol. The molecule has 0 spiro atoms. The van der Waals surface area contributed by atoms with Gasteiger partial charge < -0.3 is 0 Å². The van der Waals surface area contributed by atoms with E-state index in [4.69, 9.17) is 15.8 Å². The molecular formula is C4H4ClN3. The first-order valence-electron chi connectivity index (χ1n) is 1.42. The zero-order valence-corrected chi connectivity index (χ0v) is 5.07. The van der Waals surface area contributed by atoms with E-state index in [1.807, 2.05) is 0 Å². The van der Waals surface area contributed by atoms with Crippen molar-refractivity contribution in [2.45, 2.75) is 6.92 Å². The van der Waals surface area contributed by atoms with Gasteiger partial charge in [-0.05, 0) is 0 Å². The molecule has 0 rings (SSSR count). The summed E-state index contributed by atoms with van der Waals surface area (Å²) in [4.78, 5) is 0. The molecule has 0 N–H and O–H groups in total. The van der Waals surface area contributed by atoms with Crippen LogP contribution in [0.5, 0.6) is 0 Å². The van der Waals surface area contributed by atoms with Crippen molar-refractivity contribution in [2.24, 2.45) is 0 Å². The minimum atomic E-state index is 0. The number of nitriles is 3. The predicted molar refractivity (Wildman–Crippen MR) is 29.8 cm³/mol. The van der Waals surface area contributed by atoms with Crippen molar-refractivity contribution in [3.63, 3.8) is 0 Å². The standard InChI is InChI=1S/C2N2.C2H3N.ClH/c3-1-2-4;1-2-3;/h;1H3;1H. The van der Waals surface area contributed by atoms with E-state index in [1.54, 1.807) is 6.07 Å². The SMILES string of the molecule is CC#N.Cl.N#CC#N. The maximum absolute atomic E-state index is 7.32. The fourth-order valence-corrected chi connectivity index (χ4v) is 0. The summed E-state index contributed by atoms with van der Waals surface area (Å²) in [6, 6.07) is 4.22. The van der Waals surface area contributed by atoms with Crippen molar-refractivity contribution < 1.29 is 0 Å². The number of halogens is 1. The van der Waals surface area contributed by atoms with Gasteiger partial charge in [-0.2, -0.15) is 15.8 Å². The molecule has 0 aromatic carbocycles. The summed E-state index contributed by atoms with van der Waals surface area (Å²) in [5.41, 5.74) is 0. The molecule has 0 saturated heterocycles. The number of rotatable bonds is 0. The summed E-state index contributed by atoms with van der Waals surface area (Å²) in [6.45, 7) is 1.43. The molecule has 0 bridgehead atoms. The molecule has 0 heterocycles. The Balaban J connectivity index is -0.0000000575. The van der Waals surface area contributed by atoms with Crippen LogP contribution in [0.4, 0.5) is 0 Å². The zero-order valence-electron chi connectivity index (χ0n) is 4.25. The lowest BCUT2D eigenvalue weighted by atomic mass is 10.9. The smallest absolute Gasteiger partial charge is 0.181 e. The summed E-state index contributed by atoms with van der Waals surface area (Å²) in [7, 11) is 0. The summed E-state index contributed by atoms with van der Waals surface area (Å²) < 4.78 is 0. The van der Waals surface area contributed by atoms with Gasteiger partial charge in [0.25, 0.3) is 0 Å². The molecule has 0 atom stereocenters. The van der Waals surface area contributed by atoms with Gasteiger partial charge in [0.2, 0.25) is 0 Å². The molecule has 3 nitrogen and oxygen atoms in total. The summed E-state index contributed by atoms with van der Waals surface area (Å²) in [6.07, 6.45) is 0. The largest absolute Gasteiger partial charge is 0.199 e. The van der Waals surface area contributed by atoms with Gasteiger partial charge in [0.05, 0.1) is 6.07 Å². The van der Waals surface area contributed by atoms with E-state index in [2.05, 4.69) is 0 Å². The topological polar surface area (TPSA) is 71.4 Å². The molecule has 0 unspecified atom stereocenters. The number of nitrogens with zero attached hydrogens (tertiary/aromatic N) is 3. The van der Waals surface area contributed by atoms with Crippen molar-refractivity contribution in [1.82, 2.24) is 0 Å². The molecule has 0 amide bonds. The van der Waals surface area contributed by atoms with Gasteiger partial charge in [-0.25, -0.2) is 0 Å². The highest BCUT2D eigenvalue weighted by atomic mass is 35.5. The molecule has 4 heteroatoms. The minimum Gasteiger partial charge on any atom is -0.199 e. The van der Waals surface area contributed by atoms with Gasteiger partial charge in [0.15, 0.2) is 12.1 Å². The van der Waals surface area contributed by atoms with E-state index in [0.717, 1.165) is 0 Å². The van der Waals surface area contributed by atoms with Crippen LogP contribution in [-0.4, -0.2) is 0 Å². The van der Waals surface area contributed by atoms with Gasteiger partial charge in [0, 0.05) is 6.92 Å². The Bertz CT molecular complexity index is 121. The molecular weight excluding hydrogens is 126 g/mol. The Hall–Kier alpha value is -1.24. The van der Waals surface area contributed by atoms with Crippen LogP contribution in [0.3, 0.4) is 0 Å². The average molecular weight is 130 g/mol. The highest BCUT2D eigenvalue weighted by Crippen LogP contribution is 1.27. The third-order valence-electron chi connectivity index (χ3n) is 0.0500. The average Bonchev–Trinajstić information content (AvgIpc) is 1.69. The Morgan fingerprint density at radius 3 is 1.12 bits per heavy atom. The maximum Gasteiger partial charge on any atom is 0.181 e. The van der Waals surface area contributed by atoms with Crippen LogP contribution in [-0.2, 0) is 0 Å². The van der Waals surface area contributed by atoms with Gasteiger partial charge in [-0.3, -0.25) is 0 Å². The first-order chi connectivity index (χ1) is 3.33. The van der Waals surface area contributed by atoms with E-state index >= 15 is 0 Å². The van der Waals surface area contributed by atoms with Crippen LogP contribution in [0.2, 0.25) is 0 Å². The second-order valence-electron chi connectivity index (χ2n) is 0.447. The lowest BCUT2D eigenvalue weighted by Gasteiger charge is -1.16. The van der Waals surface area contributed by atoms with E-state index in [0.29, 0.717) is 0 Å². The van der Waals surface area contributed by atoms with Crippen LogP contribution in [0.1, 0.15) is 6.92 Å². The maximum atomic E-state index is 7.32. The number of hydrogen-bond acceptors (Lipinski definition) is 3. The highest BCUT2D eigenvalue weighted by molar-refractivity contribution is 5.85. The van der Waals surface area contributed by atoms with Crippen LogP contribution in [0.25, 0.3) is 0 Å². The Labute approximate surface area is 54.2 Å². The first-order valence-corrected chi connectivity index (χ1v) is 1.42. The molecule has 0 aliphatic carbocycles. The number of hydrogen-bond donors (Lipinski definition) is 0. The molecule has 0 aromatic rings. The molecule has 0 saturated carbocycles. The third-order valence-corrected chi connectivity index (χ3v) is 0.0500. The zero-order chi connectivity index (χ0) is 6.12. The second kappa shape index (κ2) is 42.1. The van der Waals surface area contributed by atoms with Crippen LogP contribution in [0, 0.1) is 34.0 Å². The summed E-state index contributed by atoms with van der Waals surface area (Å²) >= 11 is 0. The van der Waals surface area contributed by atoms with Crippen molar-refractivity contribution in [3.8, 4) is 18.2 Å². The predicted octanol–water partition coefficient (Wildman–Crippen LogP) is 0.985. The van der Waals surface area contributed by atoms with E-state index in [1.165, 1.54) is 19.1 Å². The lowest BCUT2D eigenvalue weighted by molar-refractivity contribution is 1.49. The molecule has 0 fully saturated rings. The quantitative estimate of drug-likeness (QED) is 0.490. The van der Waals surface area contributed by atoms with Crippen molar-refractivity contribution in [1.29, 1.82) is 15.8 Å². The van der Waals surface area contributed by atoms with Crippen molar-refractivity contribution in [3.05, 3.63) is 0 Å². The second-order valence-corrected chi connectivity index (χ2v) is 0.447. The Morgan fingerprint density at radius 1 is 1.00 bits per heavy atom. The fourth-order valence-electron chi connectivity index (χ4n) is 0. The van der Waals surface area contributed by atoms with Crippen LogP contribution >= 0.6 is 12.4 Å². The third kappa shape index (κ3) is 1170. The van der Waals surface area contributed by atoms with Gasteiger partial charge in [0.1, 0.15) is 0 Å². The van der Waals surface area contributed by atoms with Crippen molar-refractivity contribution in [2.75, 3.05) is 0 Å². The van der Waals surface area contributed by atoms with Crippen LogP contribution < -0.4 is 0 Å². The van der Waals surface area contributed by atoms with E-state index in [9.17, 15) is 0 Å². The van der Waals surface area contributed by atoms with Crippen molar-refractivity contribution >= 4 is 12.4 Å². The molecule has 8 heavy (non-hydrogen) atoms. The van der Waals surface area contributed by atoms with E-state index < -0.39 is 0 Å². The lowest BCUT2D eigenvalue weighted by Crippen LogP contribution is -1.26. The first kappa shape index (κ1) is 15.9. The van der Waals surface area contributed by atoms with Crippen LogP contribution in [0.15, 0.2) is 0 Å². The summed E-state index contributed by atoms with van der Waals surface area (Å²) in [5.74, 6) is 0. The highest BCUT2D eigenvalue weighted by Gasteiger charge is 1.39. The van der Waals surface area contributed by atoms with Gasteiger partial charge >= 0.3 is 0 Å². The molecule has 42 valence electrons. The summed E-state index contributed by atoms with van der Waals surface area (Å²) in [5, 5.41) is 21.8. The minimum absolute atomic E-state index is 0. The normalized spacial score (nSPS) is 2.25. The van der Waals surface area contributed by atoms with Gasteiger partial charge in [-0.15, -0.1) is 12.4 Å².